The zero-order chi connectivity index (χ0) is 25.5. The second-order valence-corrected chi connectivity index (χ2v) is 9.11. The van der Waals surface area contributed by atoms with Gasteiger partial charge in [0.25, 0.3) is 5.91 Å². The molecule has 1 amide bonds. The lowest BCUT2D eigenvalue weighted by molar-refractivity contribution is 0.0909. The van der Waals surface area contributed by atoms with Crippen LogP contribution in [0.5, 0.6) is 17.4 Å². The van der Waals surface area contributed by atoms with Crippen LogP contribution < -0.4 is 14.8 Å². The van der Waals surface area contributed by atoms with Gasteiger partial charge < -0.3 is 14.8 Å². The molecule has 188 valence electrons. The normalized spacial score (nSPS) is 14.2. The van der Waals surface area contributed by atoms with Gasteiger partial charge in [-0.2, -0.15) is 0 Å². The Balaban J connectivity index is 1.19. The third-order valence-corrected chi connectivity index (χ3v) is 6.52. The minimum atomic E-state index is -0.0629. The molecule has 0 aliphatic carbocycles. The Bertz CT molecular complexity index is 1320. The maximum atomic E-state index is 13.0. The number of nitrogens with one attached hydrogen (secondary N) is 1. The van der Waals surface area contributed by atoms with E-state index in [-0.39, 0.29) is 11.9 Å². The van der Waals surface area contributed by atoms with Crippen LogP contribution in [-0.4, -0.2) is 47.0 Å². The number of carbonyl (C=O) groups is 1. The zero-order valence-corrected chi connectivity index (χ0v) is 20.8. The van der Waals surface area contributed by atoms with Crippen molar-refractivity contribution in [2.24, 2.45) is 0 Å². The van der Waals surface area contributed by atoms with Gasteiger partial charge in [0, 0.05) is 42.9 Å². The molecule has 0 bridgehead atoms. The second kappa shape index (κ2) is 11.7. The molecule has 7 heteroatoms. The van der Waals surface area contributed by atoms with Crippen LogP contribution >= 0.6 is 0 Å². The van der Waals surface area contributed by atoms with Gasteiger partial charge in [0.05, 0.1) is 12.8 Å². The Morgan fingerprint density at radius 2 is 1.68 bits per heavy atom. The minimum absolute atomic E-state index is 0.0629. The van der Waals surface area contributed by atoms with Crippen LogP contribution in [0.2, 0.25) is 0 Å². The van der Waals surface area contributed by atoms with E-state index in [0.717, 1.165) is 43.8 Å². The predicted molar refractivity (Wildman–Crippen MR) is 143 cm³/mol. The summed E-state index contributed by atoms with van der Waals surface area (Å²) in [7, 11) is 1.62. The van der Waals surface area contributed by atoms with Crippen molar-refractivity contribution in [3.63, 3.8) is 0 Å². The molecular weight excluding hydrogens is 464 g/mol. The molecule has 5 rings (SSSR count). The van der Waals surface area contributed by atoms with Crippen LogP contribution in [0.3, 0.4) is 0 Å². The summed E-state index contributed by atoms with van der Waals surface area (Å²) in [5.74, 6) is 1.76. The number of rotatable bonds is 8. The van der Waals surface area contributed by atoms with Crippen LogP contribution in [0.1, 0.15) is 28.8 Å². The molecule has 1 saturated heterocycles. The van der Waals surface area contributed by atoms with E-state index in [4.69, 9.17) is 9.47 Å². The van der Waals surface area contributed by atoms with Gasteiger partial charge in [0.15, 0.2) is 0 Å². The van der Waals surface area contributed by atoms with E-state index < -0.39 is 0 Å². The van der Waals surface area contributed by atoms with Crippen molar-refractivity contribution in [3.05, 3.63) is 102 Å². The Hall–Kier alpha value is -4.23. The number of hydrogen-bond acceptors (Lipinski definition) is 6. The van der Waals surface area contributed by atoms with Gasteiger partial charge in [-0.1, -0.05) is 42.5 Å². The van der Waals surface area contributed by atoms with Gasteiger partial charge in [0.1, 0.15) is 17.8 Å². The van der Waals surface area contributed by atoms with E-state index in [1.54, 1.807) is 13.2 Å². The molecule has 3 aromatic carbocycles. The van der Waals surface area contributed by atoms with Gasteiger partial charge >= 0.3 is 0 Å². The molecule has 0 atom stereocenters. The first-order valence-corrected chi connectivity index (χ1v) is 12.5. The number of ether oxygens (including phenoxy) is 2. The highest BCUT2D eigenvalue weighted by Crippen LogP contribution is 2.26. The molecule has 1 aromatic heterocycles. The zero-order valence-electron chi connectivity index (χ0n) is 20.8. The fourth-order valence-corrected chi connectivity index (χ4v) is 4.48. The molecular formula is C30H30N4O3. The standard InChI is InChI=1S/C30H30N4O3/c1-36-26-10-12-27(13-11-26)37-29-19-28(31-21-32-29)23-8-5-9-24(18-23)30(35)33-25-14-16-34(17-15-25)20-22-6-3-2-4-7-22/h2-13,18-19,21,25H,14-17,20H2,1H3,(H,33,35). The third kappa shape index (κ3) is 6.51. The molecule has 1 fully saturated rings. The summed E-state index contributed by atoms with van der Waals surface area (Å²) in [5, 5.41) is 3.22. The van der Waals surface area contributed by atoms with Crippen LogP contribution in [0, 0.1) is 0 Å². The smallest absolute Gasteiger partial charge is 0.251 e. The molecule has 0 spiro atoms. The van der Waals surface area contributed by atoms with Gasteiger partial charge in [-0.3, -0.25) is 9.69 Å². The summed E-state index contributed by atoms with van der Waals surface area (Å²) in [6.45, 7) is 2.89. The van der Waals surface area contributed by atoms with Crippen molar-refractivity contribution in [1.82, 2.24) is 20.2 Å². The highest BCUT2D eigenvalue weighted by Gasteiger charge is 2.21. The average Bonchev–Trinajstić information content (AvgIpc) is 2.95. The summed E-state index contributed by atoms with van der Waals surface area (Å²) < 4.78 is 11.1. The average molecular weight is 495 g/mol. The van der Waals surface area contributed by atoms with Crippen molar-refractivity contribution in [2.45, 2.75) is 25.4 Å². The number of carbonyl (C=O) groups excluding carboxylic acids is 1. The van der Waals surface area contributed by atoms with Gasteiger partial charge in [0.2, 0.25) is 5.88 Å². The lowest BCUT2D eigenvalue weighted by atomic mass is 10.0. The summed E-state index contributed by atoms with van der Waals surface area (Å²) in [4.78, 5) is 24.1. The molecule has 0 saturated carbocycles. The number of amides is 1. The third-order valence-electron chi connectivity index (χ3n) is 6.52. The fourth-order valence-electron chi connectivity index (χ4n) is 4.48. The summed E-state index contributed by atoms with van der Waals surface area (Å²) >= 11 is 0. The Morgan fingerprint density at radius 3 is 2.43 bits per heavy atom. The number of piperidine rings is 1. The van der Waals surface area contributed by atoms with E-state index in [9.17, 15) is 4.79 Å². The number of hydrogen-bond donors (Lipinski definition) is 1. The minimum Gasteiger partial charge on any atom is -0.497 e. The van der Waals surface area contributed by atoms with E-state index in [1.165, 1.54) is 11.9 Å². The van der Waals surface area contributed by atoms with Crippen molar-refractivity contribution in [2.75, 3.05) is 20.2 Å². The van der Waals surface area contributed by atoms with E-state index in [1.807, 2.05) is 54.6 Å². The quantitative estimate of drug-likeness (QED) is 0.356. The number of nitrogens with zero attached hydrogens (tertiary/aromatic N) is 3. The predicted octanol–water partition coefficient (Wildman–Crippen LogP) is 5.34. The summed E-state index contributed by atoms with van der Waals surface area (Å²) in [6.07, 6.45) is 3.34. The molecule has 0 radical (unpaired) electrons. The molecule has 1 aliphatic heterocycles. The lowest BCUT2D eigenvalue weighted by Crippen LogP contribution is -2.44. The van der Waals surface area contributed by atoms with E-state index >= 15 is 0 Å². The van der Waals surface area contributed by atoms with E-state index in [2.05, 4.69) is 44.5 Å². The van der Waals surface area contributed by atoms with E-state index in [0.29, 0.717) is 22.9 Å². The highest BCUT2D eigenvalue weighted by molar-refractivity contribution is 5.95. The first-order valence-electron chi connectivity index (χ1n) is 12.5. The van der Waals surface area contributed by atoms with Crippen LogP contribution in [0.15, 0.2) is 91.3 Å². The number of aromatic nitrogens is 2. The number of benzene rings is 3. The molecule has 2 heterocycles. The Morgan fingerprint density at radius 1 is 0.919 bits per heavy atom. The summed E-state index contributed by atoms with van der Waals surface area (Å²) in [6, 6.07) is 27.2. The molecule has 1 aliphatic rings. The molecule has 7 nitrogen and oxygen atoms in total. The Labute approximate surface area is 217 Å². The maximum absolute atomic E-state index is 13.0. The fraction of sp³-hybridized carbons (Fsp3) is 0.233. The molecule has 1 N–H and O–H groups in total. The van der Waals surface area contributed by atoms with Crippen molar-refractivity contribution >= 4 is 5.91 Å². The molecule has 0 unspecified atom stereocenters. The largest absolute Gasteiger partial charge is 0.497 e. The van der Waals surface area contributed by atoms with Crippen LogP contribution in [0.4, 0.5) is 0 Å². The van der Waals surface area contributed by atoms with Crippen molar-refractivity contribution in [1.29, 1.82) is 0 Å². The topological polar surface area (TPSA) is 76.6 Å². The highest BCUT2D eigenvalue weighted by atomic mass is 16.5. The first-order chi connectivity index (χ1) is 18.2. The van der Waals surface area contributed by atoms with Gasteiger partial charge in [-0.25, -0.2) is 9.97 Å². The molecule has 37 heavy (non-hydrogen) atoms. The molecule has 4 aromatic rings. The van der Waals surface area contributed by atoms with Crippen molar-refractivity contribution < 1.29 is 14.3 Å². The number of likely N-dealkylation sites (tertiary alicyclic amines) is 1. The first kappa shape index (κ1) is 24.5. The SMILES string of the molecule is COc1ccc(Oc2cc(-c3cccc(C(=O)NC4CCN(Cc5ccccc5)CC4)c3)ncn2)cc1. The second-order valence-electron chi connectivity index (χ2n) is 9.11. The monoisotopic (exact) mass is 494 g/mol. The number of methoxy groups -OCH3 is 1. The van der Waals surface area contributed by atoms with Crippen molar-refractivity contribution in [3.8, 4) is 28.6 Å². The summed E-state index contributed by atoms with van der Waals surface area (Å²) in [5.41, 5.74) is 3.44. The maximum Gasteiger partial charge on any atom is 0.251 e. The van der Waals surface area contributed by atoms with Crippen LogP contribution in [-0.2, 0) is 6.54 Å². The van der Waals surface area contributed by atoms with Crippen LogP contribution in [0.25, 0.3) is 11.3 Å². The Kier molecular flexibility index (Phi) is 7.72. The lowest BCUT2D eigenvalue weighted by Gasteiger charge is -2.32. The van der Waals surface area contributed by atoms with Gasteiger partial charge in [-0.15, -0.1) is 0 Å². The van der Waals surface area contributed by atoms with Gasteiger partial charge in [-0.05, 0) is 54.8 Å².